The lowest BCUT2D eigenvalue weighted by Gasteiger charge is -2.01. The van der Waals surface area contributed by atoms with Crippen molar-refractivity contribution in [2.24, 2.45) is 0 Å². The number of anilines is 2. The SMILES string of the molecule is Nc1cccc(C(=O)Nc2nncs2)c1. The number of nitrogens with two attached hydrogens (primary N) is 1. The molecule has 0 saturated carbocycles. The minimum absolute atomic E-state index is 0.237. The van der Waals surface area contributed by atoms with Crippen LogP contribution in [0.2, 0.25) is 0 Å². The van der Waals surface area contributed by atoms with E-state index in [4.69, 9.17) is 5.73 Å². The Bertz CT molecular complexity index is 469. The lowest BCUT2D eigenvalue weighted by molar-refractivity contribution is 0.102. The number of amides is 1. The molecule has 3 N–H and O–H groups in total. The normalized spacial score (nSPS) is 9.87. The first-order chi connectivity index (χ1) is 7.25. The summed E-state index contributed by atoms with van der Waals surface area (Å²) in [5, 5.41) is 10.4. The van der Waals surface area contributed by atoms with Gasteiger partial charge >= 0.3 is 0 Å². The number of hydrogen-bond acceptors (Lipinski definition) is 5. The van der Waals surface area contributed by atoms with Gasteiger partial charge in [-0.15, -0.1) is 10.2 Å². The van der Waals surface area contributed by atoms with Crippen LogP contribution in [0, 0.1) is 0 Å². The summed E-state index contributed by atoms with van der Waals surface area (Å²) in [6, 6.07) is 6.75. The van der Waals surface area contributed by atoms with Crippen LogP contribution < -0.4 is 11.1 Å². The molecule has 2 rings (SSSR count). The largest absolute Gasteiger partial charge is 0.399 e. The smallest absolute Gasteiger partial charge is 0.257 e. The van der Waals surface area contributed by atoms with Gasteiger partial charge in [0.2, 0.25) is 5.13 Å². The van der Waals surface area contributed by atoms with Crippen molar-refractivity contribution in [1.29, 1.82) is 0 Å². The van der Waals surface area contributed by atoms with Crippen LogP contribution >= 0.6 is 11.3 Å². The molecule has 0 fully saturated rings. The summed E-state index contributed by atoms with van der Waals surface area (Å²) >= 11 is 1.26. The molecule has 2 aromatic rings. The Morgan fingerprint density at radius 2 is 2.33 bits per heavy atom. The van der Waals surface area contributed by atoms with Crippen LogP contribution in [0.25, 0.3) is 0 Å². The van der Waals surface area contributed by atoms with Gasteiger partial charge in [-0.25, -0.2) is 0 Å². The first kappa shape index (κ1) is 9.60. The number of nitrogens with zero attached hydrogens (tertiary/aromatic N) is 2. The molecule has 6 heteroatoms. The van der Waals surface area contributed by atoms with E-state index in [1.165, 1.54) is 11.3 Å². The second-order valence-corrected chi connectivity index (χ2v) is 3.66. The fraction of sp³-hybridized carbons (Fsp3) is 0. The van der Waals surface area contributed by atoms with E-state index in [0.29, 0.717) is 16.4 Å². The molecule has 1 aromatic carbocycles. The van der Waals surface area contributed by atoms with E-state index in [1.54, 1.807) is 29.8 Å². The number of carbonyl (C=O) groups is 1. The van der Waals surface area contributed by atoms with Crippen molar-refractivity contribution in [3.8, 4) is 0 Å². The van der Waals surface area contributed by atoms with Gasteiger partial charge in [-0.1, -0.05) is 17.4 Å². The Kier molecular flexibility index (Phi) is 2.59. The average molecular weight is 220 g/mol. The van der Waals surface area contributed by atoms with Gasteiger partial charge in [-0.2, -0.15) is 0 Å². The monoisotopic (exact) mass is 220 g/mol. The maximum Gasteiger partial charge on any atom is 0.257 e. The van der Waals surface area contributed by atoms with Crippen molar-refractivity contribution >= 4 is 28.1 Å². The average Bonchev–Trinajstić information content (AvgIpc) is 2.70. The molecule has 5 nitrogen and oxygen atoms in total. The summed E-state index contributed by atoms with van der Waals surface area (Å²) < 4.78 is 0. The molecule has 1 aromatic heterocycles. The molecule has 0 bridgehead atoms. The number of nitrogen functional groups attached to an aromatic ring is 1. The lowest BCUT2D eigenvalue weighted by Crippen LogP contribution is -2.11. The molecular formula is C9H8N4OS. The highest BCUT2D eigenvalue weighted by Gasteiger charge is 2.07. The molecule has 0 aliphatic heterocycles. The quantitative estimate of drug-likeness (QED) is 0.749. The Hall–Kier alpha value is -1.95. The molecule has 76 valence electrons. The summed E-state index contributed by atoms with van der Waals surface area (Å²) in [7, 11) is 0. The van der Waals surface area contributed by atoms with E-state index in [9.17, 15) is 4.79 Å². The van der Waals surface area contributed by atoms with Gasteiger partial charge in [0.05, 0.1) is 0 Å². The second kappa shape index (κ2) is 4.05. The van der Waals surface area contributed by atoms with Gasteiger partial charge in [0.15, 0.2) is 0 Å². The molecule has 0 radical (unpaired) electrons. The third kappa shape index (κ3) is 2.29. The molecule has 0 aliphatic rings. The van der Waals surface area contributed by atoms with Crippen LogP contribution in [0.3, 0.4) is 0 Å². The van der Waals surface area contributed by atoms with E-state index in [2.05, 4.69) is 15.5 Å². The Morgan fingerprint density at radius 3 is 3.00 bits per heavy atom. The highest BCUT2D eigenvalue weighted by Crippen LogP contribution is 2.12. The number of aromatic nitrogens is 2. The van der Waals surface area contributed by atoms with Crippen molar-refractivity contribution in [1.82, 2.24) is 10.2 Å². The van der Waals surface area contributed by atoms with Gasteiger partial charge in [0.1, 0.15) is 5.51 Å². The summed E-state index contributed by atoms with van der Waals surface area (Å²) in [5.41, 5.74) is 8.18. The zero-order valence-electron chi connectivity index (χ0n) is 7.68. The number of carbonyl (C=O) groups excluding carboxylic acids is 1. The molecule has 0 aliphatic carbocycles. The van der Waals surface area contributed by atoms with Gasteiger partial charge in [-0.05, 0) is 18.2 Å². The molecule has 15 heavy (non-hydrogen) atoms. The van der Waals surface area contributed by atoms with Crippen LogP contribution in [0.4, 0.5) is 10.8 Å². The van der Waals surface area contributed by atoms with Crippen LogP contribution in [0.5, 0.6) is 0 Å². The zero-order chi connectivity index (χ0) is 10.7. The topological polar surface area (TPSA) is 80.9 Å². The minimum Gasteiger partial charge on any atom is -0.399 e. The highest BCUT2D eigenvalue weighted by atomic mass is 32.1. The van der Waals surface area contributed by atoms with Crippen LogP contribution in [-0.2, 0) is 0 Å². The van der Waals surface area contributed by atoms with E-state index < -0.39 is 0 Å². The van der Waals surface area contributed by atoms with Gasteiger partial charge in [-0.3, -0.25) is 10.1 Å². The second-order valence-electron chi connectivity index (χ2n) is 2.82. The highest BCUT2D eigenvalue weighted by molar-refractivity contribution is 7.13. The summed E-state index contributed by atoms with van der Waals surface area (Å²) in [6.45, 7) is 0. The van der Waals surface area contributed by atoms with E-state index in [-0.39, 0.29) is 5.91 Å². The molecule has 1 heterocycles. The van der Waals surface area contributed by atoms with Crippen molar-refractivity contribution in [2.75, 3.05) is 11.1 Å². The molecule has 1 amide bonds. The van der Waals surface area contributed by atoms with E-state index >= 15 is 0 Å². The number of nitrogens with one attached hydrogen (secondary N) is 1. The summed E-state index contributed by atoms with van der Waals surface area (Å²) in [4.78, 5) is 11.6. The lowest BCUT2D eigenvalue weighted by atomic mass is 10.2. The molecule has 0 unspecified atom stereocenters. The maximum absolute atomic E-state index is 11.6. The number of hydrogen-bond donors (Lipinski definition) is 2. The Labute approximate surface area is 90.0 Å². The van der Waals surface area contributed by atoms with Gasteiger partial charge in [0, 0.05) is 11.3 Å². The first-order valence-corrected chi connectivity index (χ1v) is 5.07. The first-order valence-electron chi connectivity index (χ1n) is 4.19. The number of rotatable bonds is 2. The molecule has 0 saturated heterocycles. The summed E-state index contributed by atoms with van der Waals surface area (Å²) in [6.07, 6.45) is 0. The summed E-state index contributed by atoms with van der Waals surface area (Å²) in [5.74, 6) is -0.237. The van der Waals surface area contributed by atoms with Crippen molar-refractivity contribution in [3.63, 3.8) is 0 Å². The molecule has 0 spiro atoms. The van der Waals surface area contributed by atoms with Gasteiger partial charge in [0.25, 0.3) is 5.91 Å². The maximum atomic E-state index is 11.6. The third-order valence-electron chi connectivity index (χ3n) is 1.73. The predicted molar refractivity (Wildman–Crippen MR) is 58.7 cm³/mol. The van der Waals surface area contributed by atoms with Gasteiger partial charge < -0.3 is 5.73 Å². The minimum atomic E-state index is -0.237. The van der Waals surface area contributed by atoms with Crippen molar-refractivity contribution in [3.05, 3.63) is 35.3 Å². The van der Waals surface area contributed by atoms with E-state index in [1.807, 2.05) is 0 Å². The Balaban J connectivity index is 2.15. The molecular weight excluding hydrogens is 212 g/mol. The fourth-order valence-corrected chi connectivity index (χ4v) is 1.52. The zero-order valence-corrected chi connectivity index (χ0v) is 8.49. The van der Waals surface area contributed by atoms with Crippen LogP contribution in [0.1, 0.15) is 10.4 Å². The van der Waals surface area contributed by atoms with E-state index in [0.717, 1.165) is 0 Å². The number of benzene rings is 1. The van der Waals surface area contributed by atoms with Crippen LogP contribution in [-0.4, -0.2) is 16.1 Å². The van der Waals surface area contributed by atoms with Crippen molar-refractivity contribution in [2.45, 2.75) is 0 Å². The fourth-order valence-electron chi connectivity index (χ4n) is 1.08. The Morgan fingerprint density at radius 1 is 1.47 bits per heavy atom. The predicted octanol–water partition coefficient (Wildman–Crippen LogP) is 1.37. The molecule has 0 atom stereocenters. The third-order valence-corrected chi connectivity index (χ3v) is 2.34. The van der Waals surface area contributed by atoms with Crippen molar-refractivity contribution < 1.29 is 4.79 Å². The van der Waals surface area contributed by atoms with Crippen LogP contribution in [0.15, 0.2) is 29.8 Å². The standard InChI is InChI=1S/C9H8N4OS/c10-7-3-1-2-6(4-7)8(14)12-9-13-11-5-15-9/h1-5H,10H2,(H,12,13,14).